The molecule has 2 unspecified atom stereocenters. The zero-order valence-corrected chi connectivity index (χ0v) is 12.9. The maximum absolute atomic E-state index is 5.60. The van der Waals surface area contributed by atoms with Gasteiger partial charge >= 0.3 is 0 Å². The summed E-state index contributed by atoms with van der Waals surface area (Å²) in [5.41, 5.74) is 2.25. The van der Waals surface area contributed by atoms with Gasteiger partial charge in [-0.1, -0.05) is 12.8 Å². The van der Waals surface area contributed by atoms with Crippen LogP contribution in [-0.2, 0) is 4.74 Å². The molecule has 1 aliphatic carbocycles. The summed E-state index contributed by atoms with van der Waals surface area (Å²) in [6, 6.07) is 4.38. The van der Waals surface area contributed by atoms with Crippen molar-refractivity contribution in [1.29, 1.82) is 0 Å². The molecule has 0 saturated heterocycles. The molecule has 0 radical (unpaired) electrons. The molecule has 4 heteroatoms. The van der Waals surface area contributed by atoms with Gasteiger partial charge in [-0.3, -0.25) is 0 Å². The van der Waals surface area contributed by atoms with Crippen molar-refractivity contribution < 1.29 is 14.2 Å². The average molecular weight is 279 g/mol. The highest BCUT2D eigenvalue weighted by Crippen LogP contribution is 2.34. The van der Waals surface area contributed by atoms with Crippen molar-refractivity contribution in [2.45, 2.75) is 44.8 Å². The number of hydrogen-bond acceptors (Lipinski definition) is 4. The summed E-state index contributed by atoms with van der Waals surface area (Å²) in [7, 11) is 5.12. The lowest BCUT2D eigenvalue weighted by Gasteiger charge is -2.32. The largest absolute Gasteiger partial charge is 0.493 e. The second-order valence-electron chi connectivity index (χ2n) is 5.33. The number of anilines is 1. The standard InChI is InChI=1S/C16H25NO3/c1-11-9-15(19-3)16(20-4)10-13(11)17-12-7-5-6-8-14(12)18-2/h9-10,12,14,17H,5-8H2,1-4H3. The van der Waals surface area contributed by atoms with Crippen molar-refractivity contribution in [2.75, 3.05) is 26.6 Å². The molecule has 1 aromatic rings. The molecule has 1 fully saturated rings. The van der Waals surface area contributed by atoms with Gasteiger partial charge in [0.15, 0.2) is 11.5 Å². The van der Waals surface area contributed by atoms with Gasteiger partial charge in [-0.05, 0) is 31.4 Å². The summed E-state index contributed by atoms with van der Waals surface area (Å²) >= 11 is 0. The minimum absolute atomic E-state index is 0.288. The van der Waals surface area contributed by atoms with Crippen molar-refractivity contribution in [3.8, 4) is 11.5 Å². The molecule has 1 saturated carbocycles. The van der Waals surface area contributed by atoms with Crippen LogP contribution in [0.5, 0.6) is 11.5 Å². The SMILES string of the molecule is COc1cc(C)c(NC2CCCCC2OC)cc1OC. The van der Waals surface area contributed by atoms with Crippen LogP contribution in [0.15, 0.2) is 12.1 Å². The van der Waals surface area contributed by atoms with Crippen LogP contribution in [0.4, 0.5) is 5.69 Å². The highest BCUT2D eigenvalue weighted by atomic mass is 16.5. The van der Waals surface area contributed by atoms with Gasteiger partial charge in [-0.15, -0.1) is 0 Å². The summed E-state index contributed by atoms with van der Waals surface area (Å²) < 4.78 is 16.3. The zero-order chi connectivity index (χ0) is 14.5. The number of methoxy groups -OCH3 is 3. The van der Waals surface area contributed by atoms with Crippen molar-refractivity contribution in [1.82, 2.24) is 0 Å². The normalized spacial score (nSPS) is 22.4. The topological polar surface area (TPSA) is 39.7 Å². The number of benzene rings is 1. The molecule has 2 rings (SSSR count). The molecule has 0 amide bonds. The first-order valence-electron chi connectivity index (χ1n) is 7.21. The van der Waals surface area contributed by atoms with Gasteiger partial charge in [0.05, 0.1) is 26.4 Å². The fourth-order valence-electron chi connectivity index (χ4n) is 2.88. The van der Waals surface area contributed by atoms with Gasteiger partial charge in [0, 0.05) is 18.9 Å². The average Bonchev–Trinajstić information content (AvgIpc) is 2.49. The van der Waals surface area contributed by atoms with Crippen LogP contribution in [0.1, 0.15) is 31.2 Å². The molecule has 0 aliphatic heterocycles. The van der Waals surface area contributed by atoms with Crippen LogP contribution in [0.3, 0.4) is 0 Å². The van der Waals surface area contributed by atoms with E-state index in [1.165, 1.54) is 12.8 Å². The smallest absolute Gasteiger partial charge is 0.162 e. The van der Waals surface area contributed by atoms with E-state index >= 15 is 0 Å². The Morgan fingerprint density at radius 3 is 2.30 bits per heavy atom. The number of ether oxygens (including phenoxy) is 3. The van der Waals surface area contributed by atoms with Gasteiger partial charge < -0.3 is 19.5 Å². The van der Waals surface area contributed by atoms with Crippen molar-refractivity contribution >= 4 is 5.69 Å². The van der Waals surface area contributed by atoms with Crippen molar-refractivity contribution in [3.63, 3.8) is 0 Å². The molecule has 0 bridgehead atoms. The minimum Gasteiger partial charge on any atom is -0.493 e. The Labute approximate surface area is 121 Å². The quantitative estimate of drug-likeness (QED) is 0.897. The molecule has 1 aromatic carbocycles. The van der Waals surface area contributed by atoms with E-state index in [0.717, 1.165) is 35.6 Å². The number of nitrogens with one attached hydrogen (secondary N) is 1. The first kappa shape index (κ1) is 15.0. The van der Waals surface area contributed by atoms with Gasteiger partial charge in [0.2, 0.25) is 0 Å². The number of rotatable bonds is 5. The first-order chi connectivity index (χ1) is 9.69. The Morgan fingerprint density at radius 1 is 1.00 bits per heavy atom. The highest BCUT2D eigenvalue weighted by Gasteiger charge is 2.25. The van der Waals surface area contributed by atoms with Crippen LogP contribution >= 0.6 is 0 Å². The molecule has 1 aliphatic rings. The van der Waals surface area contributed by atoms with Crippen LogP contribution < -0.4 is 14.8 Å². The lowest BCUT2D eigenvalue weighted by molar-refractivity contribution is 0.0606. The lowest BCUT2D eigenvalue weighted by Crippen LogP contribution is -2.37. The molecule has 0 heterocycles. The fraction of sp³-hybridized carbons (Fsp3) is 0.625. The predicted molar refractivity (Wildman–Crippen MR) is 81.0 cm³/mol. The van der Waals surface area contributed by atoms with Crippen molar-refractivity contribution in [2.24, 2.45) is 0 Å². The van der Waals surface area contributed by atoms with E-state index in [2.05, 4.69) is 12.2 Å². The minimum atomic E-state index is 0.288. The summed E-state index contributed by atoms with van der Waals surface area (Å²) in [4.78, 5) is 0. The monoisotopic (exact) mass is 279 g/mol. The molecule has 1 N–H and O–H groups in total. The molecule has 112 valence electrons. The van der Waals surface area contributed by atoms with E-state index in [-0.39, 0.29) is 6.10 Å². The predicted octanol–water partition coefficient (Wildman–Crippen LogP) is 3.38. The van der Waals surface area contributed by atoms with E-state index in [4.69, 9.17) is 14.2 Å². The van der Waals surface area contributed by atoms with Crippen LogP contribution in [0.25, 0.3) is 0 Å². The molecule has 0 spiro atoms. The van der Waals surface area contributed by atoms with Gasteiger partial charge in [-0.2, -0.15) is 0 Å². The lowest BCUT2D eigenvalue weighted by atomic mass is 9.92. The molecular weight excluding hydrogens is 254 g/mol. The number of aryl methyl sites for hydroxylation is 1. The molecule has 2 atom stereocenters. The van der Waals surface area contributed by atoms with E-state index < -0.39 is 0 Å². The summed E-state index contributed by atoms with van der Waals surface area (Å²) in [5, 5.41) is 3.62. The van der Waals surface area contributed by atoms with Crippen LogP contribution in [-0.4, -0.2) is 33.5 Å². The third-order valence-electron chi connectivity index (χ3n) is 4.08. The Bertz CT molecular complexity index is 448. The second kappa shape index (κ2) is 6.84. The van der Waals surface area contributed by atoms with E-state index in [1.807, 2.05) is 12.1 Å². The Morgan fingerprint density at radius 2 is 1.65 bits per heavy atom. The van der Waals surface area contributed by atoms with Crippen molar-refractivity contribution in [3.05, 3.63) is 17.7 Å². The van der Waals surface area contributed by atoms with Crippen LogP contribution in [0.2, 0.25) is 0 Å². The van der Waals surface area contributed by atoms with Gasteiger partial charge in [-0.25, -0.2) is 0 Å². The fourth-order valence-corrected chi connectivity index (χ4v) is 2.88. The highest BCUT2D eigenvalue weighted by molar-refractivity contribution is 5.60. The Kier molecular flexibility index (Phi) is 5.12. The Balaban J connectivity index is 2.19. The maximum Gasteiger partial charge on any atom is 0.162 e. The third kappa shape index (κ3) is 3.18. The van der Waals surface area contributed by atoms with E-state index in [0.29, 0.717) is 6.04 Å². The van der Waals surface area contributed by atoms with Gasteiger partial charge in [0.25, 0.3) is 0 Å². The van der Waals surface area contributed by atoms with Crippen LogP contribution in [0, 0.1) is 6.92 Å². The molecular formula is C16H25NO3. The van der Waals surface area contributed by atoms with E-state index in [1.54, 1.807) is 21.3 Å². The summed E-state index contributed by atoms with van der Waals surface area (Å²) in [6.07, 6.45) is 5.06. The Hall–Kier alpha value is -1.42. The molecule has 0 aromatic heterocycles. The second-order valence-corrected chi connectivity index (χ2v) is 5.33. The zero-order valence-electron chi connectivity index (χ0n) is 12.9. The maximum atomic E-state index is 5.60. The summed E-state index contributed by atoms with van der Waals surface area (Å²) in [5.74, 6) is 1.52. The number of hydrogen-bond donors (Lipinski definition) is 1. The van der Waals surface area contributed by atoms with Gasteiger partial charge in [0.1, 0.15) is 0 Å². The first-order valence-corrected chi connectivity index (χ1v) is 7.21. The third-order valence-corrected chi connectivity index (χ3v) is 4.08. The molecule has 20 heavy (non-hydrogen) atoms. The van der Waals surface area contributed by atoms with E-state index in [9.17, 15) is 0 Å². The summed E-state index contributed by atoms with van der Waals surface area (Å²) in [6.45, 7) is 2.08. The molecule has 4 nitrogen and oxygen atoms in total.